The number of rotatable bonds is 8. The van der Waals surface area contributed by atoms with E-state index < -0.39 is 0 Å². The second kappa shape index (κ2) is 10.3. The summed E-state index contributed by atoms with van der Waals surface area (Å²) in [4.78, 5) is 28.6. The van der Waals surface area contributed by atoms with Crippen LogP contribution in [-0.2, 0) is 4.74 Å². The van der Waals surface area contributed by atoms with Gasteiger partial charge >= 0.3 is 0 Å². The molecule has 0 saturated carbocycles. The summed E-state index contributed by atoms with van der Waals surface area (Å²) in [6, 6.07) is 7.00. The molecule has 1 saturated heterocycles. The molecule has 0 unspecified atom stereocenters. The number of carbonyl (C=O) groups is 2. The standard InChI is InChI=1S/C20H31N3O3/c1-3-22(4-2)19(24)16-6-8-17(9-7-16)20(25)23-13-10-18(11-14-23)26-15-5-12-21/h6-9,18H,3-5,10-15,21H2,1-2H3. The average Bonchev–Trinajstić information content (AvgIpc) is 2.69. The lowest BCUT2D eigenvalue weighted by molar-refractivity contribution is 0.00844. The fraction of sp³-hybridized carbons (Fsp3) is 0.600. The van der Waals surface area contributed by atoms with Crippen LogP contribution >= 0.6 is 0 Å². The van der Waals surface area contributed by atoms with E-state index in [0.29, 0.717) is 50.5 Å². The number of nitrogens with two attached hydrogens (primary N) is 1. The lowest BCUT2D eigenvalue weighted by atomic mass is 10.0. The maximum atomic E-state index is 12.7. The second-order valence-corrected chi connectivity index (χ2v) is 6.56. The number of benzene rings is 1. The van der Waals surface area contributed by atoms with E-state index in [1.165, 1.54) is 0 Å². The summed E-state index contributed by atoms with van der Waals surface area (Å²) in [6.45, 7) is 8.02. The molecule has 26 heavy (non-hydrogen) atoms. The van der Waals surface area contributed by atoms with Gasteiger partial charge in [-0.3, -0.25) is 9.59 Å². The fourth-order valence-electron chi connectivity index (χ4n) is 3.19. The van der Waals surface area contributed by atoms with Crippen LogP contribution in [-0.4, -0.2) is 67.0 Å². The molecule has 2 rings (SSSR count). The molecule has 144 valence electrons. The van der Waals surface area contributed by atoms with Gasteiger partial charge < -0.3 is 20.3 Å². The quantitative estimate of drug-likeness (QED) is 0.720. The summed E-state index contributed by atoms with van der Waals surface area (Å²) in [5.74, 6) is 0.0247. The molecule has 1 heterocycles. The highest BCUT2D eigenvalue weighted by molar-refractivity contribution is 5.97. The Morgan fingerprint density at radius 3 is 2.23 bits per heavy atom. The van der Waals surface area contributed by atoms with Gasteiger partial charge in [-0.25, -0.2) is 0 Å². The Kier molecular flexibility index (Phi) is 8.06. The third kappa shape index (κ3) is 5.29. The van der Waals surface area contributed by atoms with E-state index in [4.69, 9.17) is 10.5 Å². The molecule has 6 heteroatoms. The lowest BCUT2D eigenvalue weighted by Gasteiger charge is -2.32. The summed E-state index contributed by atoms with van der Waals surface area (Å²) < 4.78 is 5.78. The van der Waals surface area contributed by atoms with Gasteiger partial charge in [0.2, 0.25) is 0 Å². The Bertz CT molecular complexity index is 576. The minimum absolute atomic E-state index is 0.00411. The van der Waals surface area contributed by atoms with Gasteiger partial charge in [-0.05, 0) is 63.9 Å². The zero-order valence-electron chi connectivity index (χ0n) is 15.9. The van der Waals surface area contributed by atoms with E-state index in [1.54, 1.807) is 29.2 Å². The summed E-state index contributed by atoms with van der Waals surface area (Å²) in [5.41, 5.74) is 6.73. The molecular weight excluding hydrogens is 330 g/mol. The van der Waals surface area contributed by atoms with Gasteiger partial charge in [-0.2, -0.15) is 0 Å². The number of hydrogen-bond donors (Lipinski definition) is 1. The van der Waals surface area contributed by atoms with Gasteiger partial charge in [0.25, 0.3) is 11.8 Å². The Balaban J connectivity index is 1.89. The highest BCUT2D eigenvalue weighted by Crippen LogP contribution is 2.17. The minimum atomic E-state index is 0.00411. The van der Waals surface area contributed by atoms with E-state index >= 15 is 0 Å². The van der Waals surface area contributed by atoms with Crippen LogP contribution in [0, 0.1) is 0 Å². The topological polar surface area (TPSA) is 75.9 Å². The number of carbonyl (C=O) groups excluding carboxylic acids is 2. The number of nitrogens with zero attached hydrogens (tertiary/aromatic N) is 2. The maximum Gasteiger partial charge on any atom is 0.253 e. The van der Waals surface area contributed by atoms with Crippen molar-refractivity contribution in [3.63, 3.8) is 0 Å². The predicted octanol–water partition coefficient (Wildman–Crippen LogP) is 2.14. The summed E-state index contributed by atoms with van der Waals surface area (Å²) in [6.07, 6.45) is 2.81. The first-order valence-electron chi connectivity index (χ1n) is 9.61. The van der Waals surface area contributed by atoms with Crippen molar-refractivity contribution in [2.24, 2.45) is 5.73 Å². The van der Waals surface area contributed by atoms with Crippen LogP contribution < -0.4 is 5.73 Å². The molecule has 1 aliphatic heterocycles. The van der Waals surface area contributed by atoms with Crippen molar-refractivity contribution in [1.82, 2.24) is 9.80 Å². The van der Waals surface area contributed by atoms with Crippen molar-refractivity contribution in [2.75, 3.05) is 39.3 Å². The van der Waals surface area contributed by atoms with E-state index in [1.807, 2.05) is 18.7 Å². The smallest absolute Gasteiger partial charge is 0.253 e. The summed E-state index contributed by atoms with van der Waals surface area (Å²) in [5, 5.41) is 0. The predicted molar refractivity (Wildman–Crippen MR) is 102 cm³/mol. The zero-order valence-corrected chi connectivity index (χ0v) is 15.9. The van der Waals surface area contributed by atoms with E-state index in [-0.39, 0.29) is 17.9 Å². The minimum Gasteiger partial charge on any atom is -0.378 e. The monoisotopic (exact) mass is 361 g/mol. The number of ether oxygens (including phenoxy) is 1. The van der Waals surface area contributed by atoms with Gasteiger partial charge in [0.05, 0.1) is 6.10 Å². The van der Waals surface area contributed by atoms with E-state index in [9.17, 15) is 9.59 Å². The number of piperidine rings is 1. The van der Waals surface area contributed by atoms with Crippen LogP contribution in [0.2, 0.25) is 0 Å². The van der Waals surface area contributed by atoms with Crippen molar-refractivity contribution in [2.45, 2.75) is 39.2 Å². The van der Waals surface area contributed by atoms with Crippen LogP contribution in [0.15, 0.2) is 24.3 Å². The number of amides is 2. The molecule has 2 N–H and O–H groups in total. The van der Waals surface area contributed by atoms with Crippen LogP contribution in [0.25, 0.3) is 0 Å². The average molecular weight is 361 g/mol. The second-order valence-electron chi connectivity index (χ2n) is 6.56. The van der Waals surface area contributed by atoms with Crippen LogP contribution in [0.1, 0.15) is 53.8 Å². The number of hydrogen-bond acceptors (Lipinski definition) is 4. The first-order chi connectivity index (χ1) is 12.6. The Labute approximate surface area is 156 Å². The molecule has 0 radical (unpaired) electrons. The molecule has 1 aromatic carbocycles. The zero-order chi connectivity index (χ0) is 18.9. The summed E-state index contributed by atoms with van der Waals surface area (Å²) in [7, 11) is 0. The first-order valence-corrected chi connectivity index (χ1v) is 9.61. The van der Waals surface area contributed by atoms with Crippen molar-refractivity contribution in [1.29, 1.82) is 0 Å². The van der Waals surface area contributed by atoms with E-state index in [0.717, 1.165) is 19.3 Å². The summed E-state index contributed by atoms with van der Waals surface area (Å²) >= 11 is 0. The van der Waals surface area contributed by atoms with Gasteiger partial charge in [-0.15, -0.1) is 0 Å². The van der Waals surface area contributed by atoms with Crippen molar-refractivity contribution < 1.29 is 14.3 Å². The Hall–Kier alpha value is -1.92. The van der Waals surface area contributed by atoms with Crippen LogP contribution in [0.5, 0.6) is 0 Å². The molecule has 1 aromatic rings. The molecule has 1 fully saturated rings. The molecule has 6 nitrogen and oxygen atoms in total. The highest BCUT2D eigenvalue weighted by atomic mass is 16.5. The van der Waals surface area contributed by atoms with Gasteiger partial charge in [0, 0.05) is 43.9 Å². The Morgan fingerprint density at radius 2 is 1.69 bits per heavy atom. The number of likely N-dealkylation sites (tertiary alicyclic amines) is 1. The first kappa shape index (κ1) is 20.4. The molecule has 0 atom stereocenters. The maximum absolute atomic E-state index is 12.7. The van der Waals surface area contributed by atoms with Crippen LogP contribution in [0.4, 0.5) is 0 Å². The molecular formula is C20H31N3O3. The van der Waals surface area contributed by atoms with Crippen molar-refractivity contribution in [3.8, 4) is 0 Å². The lowest BCUT2D eigenvalue weighted by Crippen LogP contribution is -2.41. The third-order valence-corrected chi connectivity index (χ3v) is 4.86. The third-order valence-electron chi connectivity index (χ3n) is 4.86. The largest absolute Gasteiger partial charge is 0.378 e. The highest BCUT2D eigenvalue weighted by Gasteiger charge is 2.24. The Morgan fingerprint density at radius 1 is 1.12 bits per heavy atom. The molecule has 2 amide bonds. The fourth-order valence-corrected chi connectivity index (χ4v) is 3.19. The molecule has 0 spiro atoms. The molecule has 1 aliphatic rings. The SMILES string of the molecule is CCN(CC)C(=O)c1ccc(C(=O)N2CCC(OCCCN)CC2)cc1. The van der Waals surface area contributed by atoms with Crippen molar-refractivity contribution in [3.05, 3.63) is 35.4 Å². The molecule has 0 aliphatic carbocycles. The molecule has 0 bridgehead atoms. The van der Waals surface area contributed by atoms with Gasteiger partial charge in [0.1, 0.15) is 0 Å². The normalized spacial score (nSPS) is 15.1. The van der Waals surface area contributed by atoms with E-state index in [2.05, 4.69) is 0 Å². The van der Waals surface area contributed by atoms with Crippen LogP contribution in [0.3, 0.4) is 0 Å². The van der Waals surface area contributed by atoms with Gasteiger partial charge in [-0.1, -0.05) is 0 Å². The van der Waals surface area contributed by atoms with Crippen molar-refractivity contribution >= 4 is 11.8 Å². The van der Waals surface area contributed by atoms with Gasteiger partial charge in [0.15, 0.2) is 0 Å². The molecule has 0 aromatic heterocycles.